The molecule has 0 bridgehead atoms. The summed E-state index contributed by atoms with van der Waals surface area (Å²) in [5.74, 6) is 0. The van der Waals surface area contributed by atoms with Gasteiger partial charge in [0.2, 0.25) is 0 Å². The number of hydrogen-bond acceptors (Lipinski definition) is 1. The van der Waals surface area contributed by atoms with E-state index in [2.05, 4.69) is 15.9 Å². The Morgan fingerprint density at radius 1 is 1.62 bits per heavy atom. The number of benzene rings is 1. The quantitative estimate of drug-likeness (QED) is 0.768. The Kier molecular flexibility index (Phi) is 3.88. The van der Waals surface area contributed by atoms with Gasteiger partial charge in [-0.05, 0) is 29.3 Å². The van der Waals surface area contributed by atoms with Gasteiger partial charge >= 0.3 is 0 Å². The van der Waals surface area contributed by atoms with Crippen LogP contribution in [0.5, 0.6) is 0 Å². The molecule has 1 aromatic carbocycles. The topological polar surface area (TPSA) is 17.1 Å². The molecule has 0 fully saturated rings. The fraction of sp³-hybridized carbons (Fsp3) is 0.222. The van der Waals surface area contributed by atoms with E-state index in [0.29, 0.717) is 0 Å². The van der Waals surface area contributed by atoms with Gasteiger partial charge in [0.05, 0.1) is 0 Å². The van der Waals surface area contributed by atoms with Crippen molar-refractivity contribution in [2.24, 2.45) is 0 Å². The zero-order chi connectivity index (χ0) is 9.84. The van der Waals surface area contributed by atoms with Crippen molar-refractivity contribution in [3.8, 4) is 0 Å². The first-order chi connectivity index (χ1) is 6.09. The second-order valence-electron chi connectivity index (χ2n) is 2.61. The van der Waals surface area contributed by atoms with Crippen LogP contribution in [0.2, 0.25) is 0 Å². The second kappa shape index (κ2) is 4.72. The van der Waals surface area contributed by atoms with Gasteiger partial charge in [-0.2, -0.15) is 0 Å². The summed E-state index contributed by atoms with van der Waals surface area (Å²) in [6, 6.07) is 7.12. The van der Waals surface area contributed by atoms with Gasteiger partial charge in [0.1, 0.15) is 0 Å². The summed E-state index contributed by atoms with van der Waals surface area (Å²) in [6.45, 7) is 0. The van der Waals surface area contributed by atoms with Gasteiger partial charge < -0.3 is 0 Å². The van der Waals surface area contributed by atoms with E-state index < -0.39 is 11.4 Å². The summed E-state index contributed by atoms with van der Waals surface area (Å²) in [4.78, 5) is 10.4. The highest BCUT2D eigenvalue weighted by molar-refractivity contribution is 9.10. The lowest BCUT2D eigenvalue weighted by Crippen LogP contribution is -2.12. The maximum Gasteiger partial charge on any atom is 0.256 e. The van der Waals surface area contributed by atoms with E-state index in [-0.39, 0.29) is 6.42 Å². The highest BCUT2D eigenvalue weighted by Gasteiger charge is 2.14. The lowest BCUT2D eigenvalue weighted by molar-refractivity contribution is -0.115. The smallest absolute Gasteiger partial charge is 0.256 e. The second-order valence-corrected chi connectivity index (χ2v) is 3.89. The SMILES string of the molecule is O=C(Cl)C(F)Cc1cccc(Br)c1. The summed E-state index contributed by atoms with van der Waals surface area (Å²) in [5, 5.41) is -0.944. The molecule has 0 aromatic heterocycles. The number of carbonyl (C=O) groups excluding carboxylic acids is 1. The zero-order valence-electron chi connectivity index (χ0n) is 6.64. The zero-order valence-corrected chi connectivity index (χ0v) is 8.98. The van der Waals surface area contributed by atoms with Crippen molar-refractivity contribution in [1.29, 1.82) is 0 Å². The normalized spacial score (nSPS) is 12.5. The molecule has 1 nitrogen and oxygen atoms in total. The van der Waals surface area contributed by atoms with E-state index >= 15 is 0 Å². The van der Waals surface area contributed by atoms with Crippen LogP contribution < -0.4 is 0 Å². The Morgan fingerprint density at radius 2 is 2.31 bits per heavy atom. The van der Waals surface area contributed by atoms with Crippen molar-refractivity contribution in [3.05, 3.63) is 34.3 Å². The first kappa shape index (κ1) is 10.7. The molecule has 0 amide bonds. The van der Waals surface area contributed by atoms with Crippen LogP contribution in [0.15, 0.2) is 28.7 Å². The monoisotopic (exact) mass is 264 g/mol. The van der Waals surface area contributed by atoms with E-state index in [0.717, 1.165) is 10.0 Å². The predicted octanol–water partition coefficient (Wildman–Crippen LogP) is 3.10. The summed E-state index contributed by atoms with van der Waals surface area (Å²) in [5.41, 5.74) is 0.746. The van der Waals surface area contributed by atoms with Gasteiger partial charge in [-0.15, -0.1) is 0 Å². The minimum absolute atomic E-state index is 0.0295. The molecule has 0 aliphatic carbocycles. The van der Waals surface area contributed by atoms with Crippen molar-refractivity contribution >= 4 is 32.8 Å². The Labute approximate surface area is 89.0 Å². The molecule has 0 heterocycles. The molecule has 1 atom stereocenters. The molecule has 1 unspecified atom stereocenters. The third kappa shape index (κ3) is 3.44. The number of rotatable bonds is 3. The predicted molar refractivity (Wildman–Crippen MR) is 53.6 cm³/mol. The first-order valence-electron chi connectivity index (χ1n) is 3.67. The molecule has 0 aliphatic rings. The summed E-state index contributed by atoms with van der Waals surface area (Å²) >= 11 is 8.24. The van der Waals surface area contributed by atoms with Gasteiger partial charge in [-0.3, -0.25) is 4.79 Å². The Balaban J connectivity index is 2.69. The number of halogens is 3. The lowest BCUT2D eigenvalue weighted by Gasteiger charge is -2.03. The van der Waals surface area contributed by atoms with Crippen molar-refractivity contribution in [2.45, 2.75) is 12.6 Å². The van der Waals surface area contributed by atoms with E-state index in [4.69, 9.17) is 11.6 Å². The molecule has 1 aromatic rings. The van der Waals surface area contributed by atoms with Crippen LogP contribution in [0, 0.1) is 0 Å². The molecule has 1 rings (SSSR count). The maximum absolute atomic E-state index is 12.8. The Hall–Kier alpha value is -0.410. The molecule has 70 valence electrons. The third-order valence-electron chi connectivity index (χ3n) is 1.55. The van der Waals surface area contributed by atoms with Crippen LogP contribution in [0.4, 0.5) is 4.39 Å². The van der Waals surface area contributed by atoms with E-state index in [1.807, 2.05) is 6.07 Å². The number of carbonyl (C=O) groups is 1. The van der Waals surface area contributed by atoms with Gasteiger partial charge in [0, 0.05) is 10.9 Å². The van der Waals surface area contributed by atoms with E-state index in [9.17, 15) is 9.18 Å². The van der Waals surface area contributed by atoms with E-state index in [1.165, 1.54) is 0 Å². The molecule has 0 aliphatic heterocycles. The van der Waals surface area contributed by atoms with Gasteiger partial charge in [0.25, 0.3) is 5.24 Å². The summed E-state index contributed by atoms with van der Waals surface area (Å²) in [6.07, 6.45) is -1.59. The number of hydrogen-bond donors (Lipinski definition) is 0. The average molecular weight is 266 g/mol. The molecule has 0 N–H and O–H groups in total. The molecule has 4 heteroatoms. The highest BCUT2D eigenvalue weighted by Crippen LogP contribution is 2.14. The average Bonchev–Trinajstić information content (AvgIpc) is 2.04. The van der Waals surface area contributed by atoms with Crippen LogP contribution in [0.25, 0.3) is 0 Å². The molecular weight excluding hydrogens is 258 g/mol. The standard InChI is InChI=1S/C9H7BrClFO/c10-7-3-1-2-6(4-7)5-8(12)9(11)13/h1-4,8H,5H2. The van der Waals surface area contributed by atoms with Crippen LogP contribution >= 0.6 is 27.5 Å². The highest BCUT2D eigenvalue weighted by atomic mass is 79.9. The van der Waals surface area contributed by atoms with Crippen molar-refractivity contribution in [1.82, 2.24) is 0 Å². The van der Waals surface area contributed by atoms with Crippen molar-refractivity contribution < 1.29 is 9.18 Å². The van der Waals surface area contributed by atoms with Crippen LogP contribution in [0.1, 0.15) is 5.56 Å². The van der Waals surface area contributed by atoms with E-state index in [1.54, 1.807) is 18.2 Å². The van der Waals surface area contributed by atoms with Gasteiger partial charge in [0.15, 0.2) is 6.17 Å². The number of alkyl halides is 1. The third-order valence-corrected chi connectivity index (χ3v) is 2.28. The molecule has 0 radical (unpaired) electrons. The molecule has 13 heavy (non-hydrogen) atoms. The fourth-order valence-corrected chi connectivity index (χ4v) is 1.47. The molecule has 0 saturated heterocycles. The maximum atomic E-state index is 12.8. The van der Waals surface area contributed by atoms with Gasteiger partial charge in [-0.25, -0.2) is 4.39 Å². The van der Waals surface area contributed by atoms with Crippen molar-refractivity contribution in [3.63, 3.8) is 0 Å². The largest absolute Gasteiger partial charge is 0.278 e. The Morgan fingerprint density at radius 3 is 2.85 bits per heavy atom. The molecule has 0 spiro atoms. The minimum atomic E-state index is -1.61. The van der Waals surface area contributed by atoms with Crippen LogP contribution in [-0.4, -0.2) is 11.4 Å². The van der Waals surface area contributed by atoms with Gasteiger partial charge in [-0.1, -0.05) is 28.1 Å². The first-order valence-corrected chi connectivity index (χ1v) is 4.84. The van der Waals surface area contributed by atoms with Crippen LogP contribution in [0.3, 0.4) is 0 Å². The summed E-state index contributed by atoms with van der Waals surface area (Å²) in [7, 11) is 0. The lowest BCUT2D eigenvalue weighted by atomic mass is 10.1. The fourth-order valence-electron chi connectivity index (χ4n) is 0.951. The minimum Gasteiger partial charge on any atom is -0.278 e. The molecule has 0 saturated carbocycles. The summed E-state index contributed by atoms with van der Waals surface area (Å²) < 4.78 is 13.7. The molecular formula is C9H7BrClFO. The van der Waals surface area contributed by atoms with Crippen molar-refractivity contribution in [2.75, 3.05) is 0 Å². The Bertz CT molecular complexity index is 316. The van der Waals surface area contributed by atoms with Crippen LogP contribution in [-0.2, 0) is 11.2 Å².